The second kappa shape index (κ2) is 27.1. The molecule has 1 aromatic rings. The molecule has 13 atom stereocenters. The summed E-state index contributed by atoms with van der Waals surface area (Å²) in [6.07, 6.45) is -4.65. The summed E-state index contributed by atoms with van der Waals surface area (Å²) in [7, 11) is 1.41. The van der Waals surface area contributed by atoms with E-state index in [1.807, 2.05) is 39.8 Å². The molecular formula is C56H85N7O14. The molecule has 0 radical (unpaired) electrons. The number of aliphatic hydroxyl groups is 2. The summed E-state index contributed by atoms with van der Waals surface area (Å²) in [5, 5.41) is 30.3. The Kier molecular flexibility index (Phi) is 21.8. The molecule has 5 rings (SSSR count). The van der Waals surface area contributed by atoms with Crippen LogP contribution < -0.4 is 16.0 Å². The third kappa shape index (κ3) is 15.0. The Bertz CT molecular complexity index is 2340. The van der Waals surface area contributed by atoms with E-state index in [0.717, 1.165) is 11.1 Å². The van der Waals surface area contributed by atoms with Crippen molar-refractivity contribution in [3.05, 3.63) is 35.4 Å². The van der Waals surface area contributed by atoms with E-state index >= 15 is 4.79 Å². The van der Waals surface area contributed by atoms with Crippen LogP contribution in [-0.2, 0) is 70.4 Å². The number of Topliss-reactive ketones (excluding diaryl/α,β-unsaturated/α-hetero) is 1. The molecule has 1 aromatic carbocycles. The van der Waals surface area contributed by atoms with Crippen molar-refractivity contribution in [3.8, 4) is 0 Å². The van der Waals surface area contributed by atoms with Gasteiger partial charge in [0.2, 0.25) is 35.4 Å². The zero-order chi connectivity index (χ0) is 57.3. The molecule has 3 saturated heterocycles. The third-order valence-electron chi connectivity index (χ3n) is 15.6. The summed E-state index contributed by atoms with van der Waals surface area (Å²) in [5.41, 5.74) is 1.50. The number of nitrogens with one attached hydrogen (secondary N) is 3. The first-order valence-electron chi connectivity index (χ1n) is 27.6. The molecule has 4 heterocycles. The van der Waals surface area contributed by atoms with Crippen molar-refractivity contribution >= 4 is 59.1 Å². The smallest absolute Gasteiger partial charge is 0.329 e. The predicted molar refractivity (Wildman–Crippen MR) is 281 cm³/mol. The number of aliphatic hydroxyl groups excluding tert-OH is 2. The van der Waals surface area contributed by atoms with Gasteiger partial charge in [-0.3, -0.25) is 43.2 Å². The number of likely N-dealkylation sites (N-methyl/N-ethyl adjacent to an activating group) is 1. The van der Waals surface area contributed by atoms with Crippen molar-refractivity contribution in [2.75, 3.05) is 20.1 Å². The minimum Gasteiger partial charge on any atom is -0.458 e. The maximum atomic E-state index is 15.1. The fourth-order valence-corrected chi connectivity index (χ4v) is 10.9. The first kappa shape index (κ1) is 61.9. The van der Waals surface area contributed by atoms with Crippen molar-refractivity contribution in [3.63, 3.8) is 0 Å². The van der Waals surface area contributed by atoms with Crippen LogP contribution in [0.4, 0.5) is 0 Å². The molecule has 0 aromatic heterocycles. The number of benzene rings is 1. The van der Waals surface area contributed by atoms with E-state index in [-0.39, 0.29) is 63.6 Å². The fraction of sp³-hybridized carbons (Fsp3) is 0.714. The van der Waals surface area contributed by atoms with Crippen LogP contribution in [0.1, 0.15) is 139 Å². The molecule has 4 aliphatic heterocycles. The first-order valence-corrected chi connectivity index (χ1v) is 27.6. The number of carbonyl (C=O) groups is 10. The van der Waals surface area contributed by atoms with Gasteiger partial charge in [-0.1, -0.05) is 86.1 Å². The number of carbonyl (C=O) groups excluding carboxylic acids is 10. The van der Waals surface area contributed by atoms with E-state index in [0.29, 0.717) is 19.3 Å². The Morgan fingerprint density at radius 2 is 1.45 bits per heavy atom. The van der Waals surface area contributed by atoms with Gasteiger partial charge in [0.25, 0.3) is 5.91 Å². The van der Waals surface area contributed by atoms with Gasteiger partial charge in [0, 0.05) is 33.1 Å². The molecule has 0 saturated carbocycles. The van der Waals surface area contributed by atoms with Crippen molar-refractivity contribution in [2.45, 2.75) is 207 Å². The Balaban J connectivity index is 1.61. The Hall–Kier alpha value is -5.96. The van der Waals surface area contributed by atoms with Crippen LogP contribution in [0.2, 0.25) is 0 Å². The van der Waals surface area contributed by atoms with Crippen molar-refractivity contribution in [1.29, 1.82) is 0 Å². The summed E-state index contributed by atoms with van der Waals surface area (Å²) in [4.78, 5) is 149. The minimum absolute atomic E-state index is 0.00975. The maximum absolute atomic E-state index is 15.1. The van der Waals surface area contributed by atoms with E-state index < -0.39 is 150 Å². The SMILES string of the molecule is CC[C@H](C)[C@H]1NC(=O)[C@@H](NC(=O)[C@@H](CC(C)C)N(C)C(=O)[C@@H]2CCCN2C(=O)[C@H](C)O)[C@@H](C)OC(=O)[C@@H]2Cc3ccccc3CN2C(=O)[C@@H]2CCCN2C(=O)[C@H](CC(C)C)NC(=O)[C@@H](C)C(=O)[C@H](C(C)C)OC(=O)C[C@@H]1O. The van der Waals surface area contributed by atoms with Crippen LogP contribution in [0.25, 0.3) is 0 Å². The second-order valence-corrected chi connectivity index (χ2v) is 22.9. The second-order valence-electron chi connectivity index (χ2n) is 22.9. The van der Waals surface area contributed by atoms with Crippen LogP contribution >= 0.6 is 0 Å². The summed E-state index contributed by atoms with van der Waals surface area (Å²) < 4.78 is 11.9. The summed E-state index contributed by atoms with van der Waals surface area (Å²) in [6, 6.07) is -1.40. The molecular weight excluding hydrogens is 995 g/mol. The van der Waals surface area contributed by atoms with E-state index in [1.54, 1.807) is 39.8 Å². The molecule has 5 N–H and O–H groups in total. The van der Waals surface area contributed by atoms with Gasteiger partial charge in [-0.05, 0) is 94.1 Å². The molecule has 77 heavy (non-hydrogen) atoms. The van der Waals surface area contributed by atoms with Gasteiger partial charge in [-0.25, -0.2) is 4.79 Å². The van der Waals surface area contributed by atoms with Gasteiger partial charge in [-0.2, -0.15) is 0 Å². The summed E-state index contributed by atoms with van der Waals surface area (Å²) >= 11 is 0. The lowest BCUT2D eigenvalue weighted by Gasteiger charge is -2.40. The third-order valence-corrected chi connectivity index (χ3v) is 15.6. The fourth-order valence-electron chi connectivity index (χ4n) is 10.9. The highest BCUT2D eigenvalue weighted by molar-refractivity contribution is 6.05. The Morgan fingerprint density at radius 1 is 0.805 bits per heavy atom. The van der Waals surface area contributed by atoms with E-state index in [4.69, 9.17) is 9.47 Å². The average molecular weight is 1080 g/mol. The number of amides is 7. The number of ether oxygens (including phenoxy) is 2. The van der Waals surface area contributed by atoms with Gasteiger partial charge >= 0.3 is 11.9 Å². The van der Waals surface area contributed by atoms with Crippen molar-refractivity contribution in [1.82, 2.24) is 35.6 Å². The minimum atomic E-state index is -1.73. The van der Waals surface area contributed by atoms with Crippen LogP contribution in [0.5, 0.6) is 0 Å². The van der Waals surface area contributed by atoms with Crippen molar-refractivity contribution in [2.24, 2.45) is 29.6 Å². The molecule has 3 fully saturated rings. The standard InChI is InChI=1S/C56H85N7O14/c1-13-32(8)45-43(65)27-44(66)77-48(31(6)7)47(67)33(9)49(68)57-38(24-29(2)3)53(72)62-23-17-21-40(62)55(74)63-28-37-19-15-14-18-36(37)26-42(63)56(75)76-35(11)46(51(70)58-45)59-50(69)41(25-30(4)5)60(12)54(73)39-20-16-22-61(39)52(71)34(10)64/h14-15,18-19,29-35,38-43,45-46,48,64-65H,13,16-17,20-28H2,1-12H3,(H,57,68)(H,58,70)(H,59,69)/t32-,33-,34-,35+,38-,39-,40-,41+,42-,43-,45+,46-,48-/m0/s1. The quantitative estimate of drug-likeness (QED) is 0.148. The molecule has 428 valence electrons. The highest BCUT2D eigenvalue weighted by Crippen LogP contribution is 2.31. The van der Waals surface area contributed by atoms with Gasteiger partial charge in [-0.15, -0.1) is 0 Å². The summed E-state index contributed by atoms with van der Waals surface area (Å²) in [6.45, 7) is 18.5. The molecule has 21 heteroatoms. The number of rotatable bonds is 12. The zero-order valence-electron chi connectivity index (χ0n) is 47.1. The lowest BCUT2D eigenvalue weighted by atomic mass is 9.91. The van der Waals surface area contributed by atoms with Crippen LogP contribution in [-0.4, -0.2) is 176 Å². The van der Waals surface area contributed by atoms with Crippen LogP contribution in [0.3, 0.4) is 0 Å². The maximum Gasteiger partial charge on any atom is 0.329 e. The van der Waals surface area contributed by atoms with E-state index in [2.05, 4.69) is 16.0 Å². The van der Waals surface area contributed by atoms with Crippen LogP contribution in [0.15, 0.2) is 24.3 Å². The molecule has 0 aliphatic carbocycles. The van der Waals surface area contributed by atoms with Gasteiger partial charge in [0.05, 0.1) is 24.5 Å². The normalized spacial score (nSPS) is 28.7. The molecule has 0 bridgehead atoms. The Labute approximate surface area is 453 Å². The number of cyclic esters (lactones) is 2. The largest absolute Gasteiger partial charge is 0.458 e. The summed E-state index contributed by atoms with van der Waals surface area (Å²) in [5.74, 6) is -10.4. The number of ketones is 1. The molecule has 0 unspecified atom stereocenters. The number of hydrogen-bond donors (Lipinski definition) is 5. The lowest BCUT2D eigenvalue weighted by molar-refractivity contribution is -0.164. The molecule has 0 spiro atoms. The number of hydrogen-bond acceptors (Lipinski definition) is 14. The highest BCUT2D eigenvalue weighted by atomic mass is 16.6. The van der Waals surface area contributed by atoms with Crippen molar-refractivity contribution < 1.29 is 67.6 Å². The number of esters is 2. The monoisotopic (exact) mass is 1080 g/mol. The van der Waals surface area contributed by atoms with Gasteiger partial charge in [0.1, 0.15) is 48.5 Å². The van der Waals surface area contributed by atoms with Gasteiger partial charge in [0.15, 0.2) is 11.9 Å². The number of fused-ring (bicyclic) bond motifs is 3. The lowest BCUT2D eigenvalue weighted by Crippen LogP contribution is -2.62. The Morgan fingerprint density at radius 3 is 2.06 bits per heavy atom. The molecule has 7 amide bonds. The van der Waals surface area contributed by atoms with E-state index in [9.17, 15) is 53.4 Å². The number of likely N-dealkylation sites (tertiary alicyclic amines) is 1. The molecule has 21 nitrogen and oxygen atoms in total. The number of nitrogens with zero attached hydrogens (tertiary/aromatic N) is 4. The molecule has 4 aliphatic rings. The van der Waals surface area contributed by atoms with E-state index in [1.165, 1.54) is 47.4 Å². The topological polar surface area (TPSA) is 279 Å². The highest BCUT2D eigenvalue weighted by Gasteiger charge is 2.47. The first-order chi connectivity index (χ1) is 36.2. The zero-order valence-corrected chi connectivity index (χ0v) is 47.1. The van der Waals surface area contributed by atoms with Gasteiger partial charge < -0.3 is 55.2 Å². The van der Waals surface area contributed by atoms with Crippen LogP contribution in [0, 0.1) is 29.6 Å². The average Bonchev–Trinajstić information content (AvgIpc) is 4.08. The predicted octanol–water partition coefficient (Wildman–Crippen LogP) is 2.19.